The van der Waals surface area contributed by atoms with Gasteiger partial charge in [0.2, 0.25) is 15.9 Å². The van der Waals surface area contributed by atoms with E-state index in [0.717, 1.165) is 33.8 Å². The minimum absolute atomic E-state index is 0.289. The first-order valence-corrected chi connectivity index (χ1v) is 11.4. The topological polar surface area (TPSA) is 69.7 Å². The summed E-state index contributed by atoms with van der Waals surface area (Å²) in [6.07, 6.45) is 3.50. The Morgan fingerprint density at radius 1 is 1.15 bits per heavy atom. The van der Waals surface area contributed by atoms with Crippen LogP contribution >= 0.6 is 15.9 Å². The van der Waals surface area contributed by atoms with Crippen LogP contribution in [-0.2, 0) is 14.8 Å². The second kappa shape index (κ2) is 8.31. The quantitative estimate of drug-likeness (QED) is 0.729. The Labute approximate surface area is 168 Å². The van der Waals surface area contributed by atoms with E-state index < -0.39 is 15.9 Å². The van der Waals surface area contributed by atoms with Crippen molar-refractivity contribution in [1.29, 1.82) is 0 Å². The maximum Gasteiger partial charge on any atom is 0.245 e. The van der Waals surface area contributed by atoms with Crippen molar-refractivity contribution in [2.75, 3.05) is 40.4 Å². The van der Waals surface area contributed by atoms with Gasteiger partial charge in [-0.3, -0.25) is 9.10 Å². The first kappa shape index (κ1) is 19.7. The van der Waals surface area contributed by atoms with Crippen LogP contribution in [0.2, 0.25) is 0 Å². The Bertz CT molecular complexity index is 910. The van der Waals surface area contributed by atoms with Crippen LogP contribution in [-0.4, -0.2) is 40.2 Å². The Kier molecular flexibility index (Phi) is 6.06. The summed E-state index contributed by atoms with van der Waals surface area (Å²) in [5.74, 6) is -0.394. The third-order valence-electron chi connectivity index (χ3n) is 4.41. The fourth-order valence-corrected chi connectivity index (χ4v) is 4.33. The molecule has 1 aliphatic heterocycles. The van der Waals surface area contributed by atoms with Crippen LogP contribution in [0.25, 0.3) is 0 Å². The van der Waals surface area contributed by atoms with Crippen molar-refractivity contribution < 1.29 is 13.2 Å². The highest BCUT2D eigenvalue weighted by molar-refractivity contribution is 9.10. The monoisotopic (exact) mass is 451 g/mol. The Morgan fingerprint density at radius 2 is 1.81 bits per heavy atom. The zero-order chi connectivity index (χ0) is 19.4. The maximum absolute atomic E-state index is 12.4. The van der Waals surface area contributed by atoms with Crippen molar-refractivity contribution in [3.63, 3.8) is 0 Å². The van der Waals surface area contributed by atoms with E-state index in [1.807, 2.05) is 24.3 Å². The molecule has 1 heterocycles. The summed E-state index contributed by atoms with van der Waals surface area (Å²) in [6, 6.07) is 14.5. The minimum atomic E-state index is -3.59. The summed E-state index contributed by atoms with van der Waals surface area (Å²) in [6.45, 7) is 1.83. The summed E-state index contributed by atoms with van der Waals surface area (Å²) < 4.78 is 26.1. The maximum atomic E-state index is 12.4. The smallest absolute Gasteiger partial charge is 0.245 e. The first-order chi connectivity index (χ1) is 12.8. The van der Waals surface area contributed by atoms with E-state index in [9.17, 15) is 13.2 Å². The van der Waals surface area contributed by atoms with Gasteiger partial charge in [-0.05, 0) is 55.3 Å². The molecular formula is C19H22BrN3O3S. The number of rotatable bonds is 6. The number of anilines is 3. The van der Waals surface area contributed by atoms with Crippen LogP contribution in [0.1, 0.15) is 12.8 Å². The van der Waals surface area contributed by atoms with E-state index in [-0.39, 0.29) is 6.54 Å². The van der Waals surface area contributed by atoms with Crippen molar-refractivity contribution >= 4 is 48.9 Å². The zero-order valence-electron chi connectivity index (χ0n) is 15.1. The number of sulfonamides is 1. The predicted molar refractivity (Wildman–Crippen MR) is 113 cm³/mol. The van der Waals surface area contributed by atoms with Crippen LogP contribution in [0.15, 0.2) is 53.0 Å². The number of carbonyl (C=O) groups excluding carboxylic acids is 1. The van der Waals surface area contributed by atoms with Gasteiger partial charge in [-0.2, -0.15) is 0 Å². The van der Waals surface area contributed by atoms with Gasteiger partial charge in [0.05, 0.1) is 11.9 Å². The van der Waals surface area contributed by atoms with Gasteiger partial charge in [0.15, 0.2) is 0 Å². The predicted octanol–water partition coefficient (Wildman–Crippen LogP) is 3.45. The van der Waals surface area contributed by atoms with Gasteiger partial charge in [0, 0.05) is 28.9 Å². The lowest BCUT2D eigenvalue weighted by molar-refractivity contribution is -0.114. The van der Waals surface area contributed by atoms with E-state index in [0.29, 0.717) is 11.4 Å². The summed E-state index contributed by atoms with van der Waals surface area (Å²) in [7, 11) is -3.59. The number of benzene rings is 2. The van der Waals surface area contributed by atoms with Gasteiger partial charge in [-0.1, -0.05) is 22.0 Å². The number of hydrogen-bond acceptors (Lipinski definition) is 4. The molecule has 0 atom stereocenters. The fraction of sp³-hybridized carbons (Fsp3) is 0.316. The molecule has 144 valence electrons. The van der Waals surface area contributed by atoms with E-state index >= 15 is 0 Å². The number of hydrogen-bond donors (Lipinski definition) is 1. The molecule has 0 unspecified atom stereocenters. The second-order valence-electron chi connectivity index (χ2n) is 6.54. The Morgan fingerprint density at radius 3 is 2.41 bits per heavy atom. The molecule has 0 saturated carbocycles. The average molecular weight is 452 g/mol. The van der Waals surface area contributed by atoms with Gasteiger partial charge < -0.3 is 10.2 Å². The molecule has 3 rings (SSSR count). The zero-order valence-corrected chi connectivity index (χ0v) is 17.5. The Hall–Kier alpha value is -2.06. The molecule has 0 radical (unpaired) electrons. The molecule has 8 heteroatoms. The van der Waals surface area contributed by atoms with Gasteiger partial charge in [-0.15, -0.1) is 0 Å². The molecule has 0 aromatic heterocycles. The number of amides is 1. The SMILES string of the molecule is CS(=O)(=O)N(CC(=O)Nc1ccc(N2CCCC2)cc1)c1cccc(Br)c1. The van der Waals surface area contributed by atoms with Crippen LogP contribution < -0.4 is 14.5 Å². The third-order valence-corrected chi connectivity index (χ3v) is 6.04. The average Bonchev–Trinajstić information content (AvgIpc) is 3.14. The van der Waals surface area contributed by atoms with Crippen molar-refractivity contribution in [3.8, 4) is 0 Å². The molecule has 0 bridgehead atoms. The van der Waals surface area contributed by atoms with Gasteiger partial charge in [0.25, 0.3) is 0 Å². The highest BCUT2D eigenvalue weighted by atomic mass is 79.9. The van der Waals surface area contributed by atoms with Crippen molar-refractivity contribution in [2.45, 2.75) is 12.8 Å². The standard InChI is InChI=1S/C19H22BrN3O3S/c1-27(25,26)23(18-6-4-5-15(20)13-18)14-19(24)21-16-7-9-17(10-8-16)22-11-2-3-12-22/h4-10,13H,2-3,11-12,14H2,1H3,(H,21,24). The van der Waals surface area contributed by atoms with Crippen molar-refractivity contribution in [2.24, 2.45) is 0 Å². The van der Waals surface area contributed by atoms with E-state index in [1.165, 1.54) is 12.8 Å². The second-order valence-corrected chi connectivity index (χ2v) is 9.36. The molecule has 1 fully saturated rings. The summed E-state index contributed by atoms with van der Waals surface area (Å²) in [5, 5.41) is 2.77. The van der Waals surface area contributed by atoms with E-state index in [4.69, 9.17) is 0 Å². The lowest BCUT2D eigenvalue weighted by atomic mass is 10.2. The number of nitrogens with one attached hydrogen (secondary N) is 1. The molecule has 1 N–H and O–H groups in total. The molecule has 2 aromatic carbocycles. The number of nitrogens with zero attached hydrogens (tertiary/aromatic N) is 2. The molecule has 1 aliphatic rings. The normalized spacial score (nSPS) is 14.2. The fourth-order valence-electron chi connectivity index (χ4n) is 3.09. The Balaban J connectivity index is 1.69. The lowest BCUT2D eigenvalue weighted by Crippen LogP contribution is -2.37. The van der Waals surface area contributed by atoms with Crippen LogP contribution in [0.3, 0.4) is 0 Å². The highest BCUT2D eigenvalue weighted by Crippen LogP contribution is 2.24. The molecule has 2 aromatic rings. The van der Waals surface area contributed by atoms with Gasteiger partial charge >= 0.3 is 0 Å². The summed E-state index contributed by atoms with van der Waals surface area (Å²) in [5.41, 5.74) is 2.22. The van der Waals surface area contributed by atoms with E-state index in [2.05, 4.69) is 26.1 Å². The van der Waals surface area contributed by atoms with Gasteiger partial charge in [-0.25, -0.2) is 8.42 Å². The van der Waals surface area contributed by atoms with Crippen LogP contribution in [0, 0.1) is 0 Å². The summed E-state index contributed by atoms with van der Waals surface area (Å²) in [4.78, 5) is 14.7. The van der Waals surface area contributed by atoms with Crippen molar-refractivity contribution in [1.82, 2.24) is 0 Å². The summed E-state index contributed by atoms with van der Waals surface area (Å²) >= 11 is 3.33. The van der Waals surface area contributed by atoms with Gasteiger partial charge in [0.1, 0.15) is 6.54 Å². The number of halogens is 1. The van der Waals surface area contributed by atoms with E-state index in [1.54, 1.807) is 24.3 Å². The number of carbonyl (C=O) groups is 1. The van der Waals surface area contributed by atoms with Crippen LogP contribution in [0.4, 0.5) is 17.1 Å². The largest absolute Gasteiger partial charge is 0.372 e. The molecule has 1 saturated heterocycles. The third kappa shape index (κ3) is 5.23. The lowest BCUT2D eigenvalue weighted by Gasteiger charge is -2.22. The minimum Gasteiger partial charge on any atom is -0.372 e. The molecule has 0 spiro atoms. The molecule has 27 heavy (non-hydrogen) atoms. The molecule has 0 aliphatic carbocycles. The first-order valence-electron chi connectivity index (χ1n) is 8.71. The molecule has 6 nitrogen and oxygen atoms in total. The van der Waals surface area contributed by atoms with Crippen molar-refractivity contribution in [3.05, 3.63) is 53.0 Å². The van der Waals surface area contributed by atoms with Crippen LogP contribution in [0.5, 0.6) is 0 Å². The molecular weight excluding hydrogens is 430 g/mol. The highest BCUT2D eigenvalue weighted by Gasteiger charge is 2.21. The molecule has 1 amide bonds.